The molecular weight excluding hydrogens is 270 g/mol. The Labute approximate surface area is 125 Å². The lowest BCUT2D eigenvalue weighted by Crippen LogP contribution is -2.18. The third-order valence-electron chi connectivity index (χ3n) is 3.53. The zero-order valence-corrected chi connectivity index (χ0v) is 13.1. The highest BCUT2D eigenvalue weighted by atomic mass is 35.5. The Balaban J connectivity index is 2.46. The first-order chi connectivity index (χ1) is 9.56. The Kier molecular flexibility index (Phi) is 4.69. The van der Waals surface area contributed by atoms with E-state index in [1.165, 1.54) is 16.7 Å². The van der Waals surface area contributed by atoms with E-state index in [9.17, 15) is 0 Å². The molecule has 0 saturated heterocycles. The number of aryl methyl sites for hydroxylation is 2. The SMILES string of the molecule is CNC(c1ccc(Cl)c(OC)c1)c1ccc(C)cc1C. The van der Waals surface area contributed by atoms with Gasteiger partial charge >= 0.3 is 0 Å². The lowest BCUT2D eigenvalue weighted by molar-refractivity contribution is 0.414. The lowest BCUT2D eigenvalue weighted by atomic mass is 9.94. The van der Waals surface area contributed by atoms with Gasteiger partial charge in [-0.25, -0.2) is 0 Å². The van der Waals surface area contributed by atoms with Crippen LogP contribution in [-0.2, 0) is 0 Å². The van der Waals surface area contributed by atoms with Crippen LogP contribution in [-0.4, -0.2) is 14.2 Å². The monoisotopic (exact) mass is 289 g/mol. The van der Waals surface area contributed by atoms with Gasteiger partial charge in [0.15, 0.2) is 0 Å². The van der Waals surface area contributed by atoms with Crippen molar-refractivity contribution in [2.75, 3.05) is 14.2 Å². The van der Waals surface area contributed by atoms with Crippen molar-refractivity contribution >= 4 is 11.6 Å². The second-order valence-electron chi connectivity index (χ2n) is 4.98. The molecule has 106 valence electrons. The minimum atomic E-state index is 0.127. The van der Waals surface area contributed by atoms with Crippen LogP contribution < -0.4 is 10.1 Å². The summed E-state index contributed by atoms with van der Waals surface area (Å²) in [6.07, 6.45) is 0. The fraction of sp³-hybridized carbons (Fsp3) is 0.294. The molecule has 1 unspecified atom stereocenters. The highest BCUT2D eigenvalue weighted by Crippen LogP contribution is 2.31. The number of halogens is 1. The minimum Gasteiger partial charge on any atom is -0.495 e. The fourth-order valence-electron chi connectivity index (χ4n) is 2.51. The van der Waals surface area contributed by atoms with Gasteiger partial charge in [0.1, 0.15) is 5.75 Å². The summed E-state index contributed by atoms with van der Waals surface area (Å²) < 4.78 is 5.31. The maximum atomic E-state index is 6.10. The van der Waals surface area contributed by atoms with E-state index >= 15 is 0 Å². The Hall–Kier alpha value is -1.51. The number of hydrogen-bond donors (Lipinski definition) is 1. The Morgan fingerprint density at radius 1 is 1.10 bits per heavy atom. The lowest BCUT2D eigenvalue weighted by Gasteiger charge is -2.20. The molecule has 2 rings (SSSR count). The van der Waals surface area contributed by atoms with Crippen molar-refractivity contribution in [2.24, 2.45) is 0 Å². The van der Waals surface area contributed by atoms with Crippen molar-refractivity contribution in [3.63, 3.8) is 0 Å². The third-order valence-corrected chi connectivity index (χ3v) is 3.85. The third kappa shape index (κ3) is 2.97. The topological polar surface area (TPSA) is 21.3 Å². The second kappa shape index (κ2) is 6.29. The quantitative estimate of drug-likeness (QED) is 0.907. The van der Waals surface area contributed by atoms with Crippen molar-refractivity contribution < 1.29 is 4.74 Å². The van der Waals surface area contributed by atoms with E-state index in [1.807, 2.05) is 25.2 Å². The summed E-state index contributed by atoms with van der Waals surface area (Å²) in [5.41, 5.74) is 4.95. The molecular formula is C17H20ClNO. The van der Waals surface area contributed by atoms with E-state index in [1.54, 1.807) is 7.11 Å². The Morgan fingerprint density at radius 2 is 1.85 bits per heavy atom. The maximum absolute atomic E-state index is 6.10. The average Bonchev–Trinajstić information content (AvgIpc) is 2.43. The Morgan fingerprint density at radius 3 is 2.45 bits per heavy atom. The van der Waals surface area contributed by atoms with Gasteiger partial charge in [-0.1, -0.05) is 41.4 Å². The molecule has 20 heavy (non-hydrogen) atoms. The van der Waals surface area contributed by atoms with Crippen LogP contribution in [0.25, 0.3) is 0 Å². The van der Waals surface area contributed by atoms with E-state index in [-0.39, 0.29) is 6.04 Å². The molecule has 0 amide bonds. The largest absolute Gasteiger partial charge is 0.495 e. The van der Waals surface area contributed by atoms with E-state index in [0.717, 1.165) is 5.56 Å². The van der Waals surface area contributed by atoms with Gasteiger partial charge < -0.3 is 10.1 Å². The molecule has 2 nitrogen and oxygen atoms in total. The van der Waals surface area contributed by atoms with Crippen LogP contribution in [0, 0.1) is 13.8 Å². The van der Waals surface area contributed by atoms with E-state index in [2.05, 4.69) is 37.4 Å². The molecule has 1 N–H and O–H groups in total. The summed E-state index contributed by atoms with van der Waals surface area (Å²) in [5, 5.41) is 4.00. The van der Waals surface area contributed by atoms with Gasteiger partial charge in [0.2, 0.25) is 0 Å². The van der Waals surface area contributed by atoms with E-state index in [4.69, 9.17) is 16.3 Å². The van der Waals surface area contributed by atoms with Crippen LogP contribution in [0.15, 0.2) is 36.4 Å². The average molecular weight is 290 g/mol. The molecule has 0 radical (unpaired) electrons. The van der Waals surface area contributed by atoms with Gasteiger partial charge in [-0.15, -0.1) is 0 Å². The van der Waals surface area contributed by atoms with E-state index < -0.39 is 0 Å². The zero-order chi connectivity index (χ0) is 14.7. The number of hydrogen-bond acceptors (Lipinski definition) is 2. The number of ether oxygens (including phenoxy) is 1. The molecule has 0 aromatic heterocycles. The van der Waals surface area contributed by atoms with Crippen molar-refractivity contribution in [3.8, 4) is 5.75 Å². The van der Waals surface area contributed by atoms with Gasteiger partial charge in [-0.2, -0.15) is 0 Å². The molecule has 0 spiro atoms. The first-order valence-electron chi connectivity index (χ1n) is 6.64. The predicted molar refractivity (Wildman–Crippen MR) is 84.8 cm³/mol. The predicted octanol–water partition coefficient (Wildman–Crippen LogP) is 4.27. The number of rotatable bonds is 4. The molecule has 0 aliphatic carbocycles. The molecule has 0 heterocycles. The molecule has 0 aliphatic rings. The van der Waals surface area contributed by atoms with Crippen LogP contribution >= 0.6 is 11.6 Å². The fourth-order valence-corrected chi connectivity index (χ4v) is 2.70. The van der Waals surface area contributed by atoms with Crippen LogP contribution in [0.2, 0.25) is 5.02 Å². The van der Waals surface area contributed by atoms with Gasteiger partial charge in [0.25, 0.3) is 0 Å². The summed E-state index contributed by atoms with van der Waals surface area (Å²) in [6, 6.07) is 12.5. The molecule has 2 aromatic rings. The molecule has 0 saturated carbocycles. The highest BCUT2D eigenvalue weighted by molar-refractivity contribution is 6.32. The molecule has 0 bridgehead atoms. The van der Waals surface area contributed by atoms with Crippen LogP contribution in [0.1, 0.15) is 28.3 Å². The summed E-state index contributed by atoms with van der Waals surface area (Å²) in [4.78, 5) is 0. The van der Waals surface area contributed by atoms with Crippen LogP contribution in [0.3, 0.4) is 0 Å². The van der Waals surface area contributed by atoms with Crippen molar-refractivity contribution in [1.29, 1.82) is 0 Å². The number of nitrogens with one attached hydrogen (secondary N) is 1. The maximum Gasteiger partial charge on any atom is 0.137 e. The summed E-state index contributed by atoms with van der Waals surface area (Å²) in [7, 11) is 3.60. The zero-order valence-electron chi connectivity index (χ0n) is 12.3. The van der Waals surface area contributed by atoms with Gasteiger partial charge in [-0.3, -0.25) is 0 Å². The summed E-state index contributed by atoms with van der Waals surface area (Å²) in [6.45, 7) is 4.25. The molecule has 2 aromatic carbocycles. The first kappa shape index (κ1) is 14.9. The van der Waals surface area contributed by atoms with Crippen molar-refractivity contribution in [2.45, 2.75) is 19.9 Å². The van der Waals surface area contributed by atoms with Crippen molar-refractivity contribution in [3.05, 3.63) is 63.7 Å². The van der Waals surface area contributed by atoms with Crippen LogP contribution in [0.4, 0.5) is 0 Å². The smallest absolute Gasteiger partial charge is 0.137 e. The molecule has 0 aliphatic heterocycles. The standard InChI is InChI=1S/C17H20ClNO/c1-11-5-7-14(12(2)9-11)17(19-3)13-6-8-15(18)16(10-13)20-4/h5-10,17,19H,1-4H3. The van der Waals surface area contributed by atoms with Gasteiger partial charge in [-0.05, 0) is 49.7 Å². The normalized spacial score (nSPS) is 12.2. The molecule has 3 heteroatoms. The summed E-state index contributed by atoms with van der Waals surface area (Å²) in [5.74, 6) is 0.703. The Bertz CT molecular complexity index is 610. The first-order valence-corrected chi connectivity index (χ1v) is 7.02. The second-order valence-corrected chi connectivity index (χ2v) is 5.38. The molecule has 1 atom stereocenters. The van der Waals surface area contributed by atoms with Crippen LogP contribution in [0.5, 0.6) is 5.75 Å². The number of methoxy groups -OCH3 is 1. The van der Waals surface area contributed by atoms with Gasteiger partial charge in [0, 0.05) is 0 Å². The summed E-state index contributed by atoms with van der Waals surface area (Å²) >= 11 is 6.10. The van der Waals surface area contributed by atoms with E-state index in [0.29, 0.717) is 10.8 Å². The van der Waals surface area contributed by atoms with Crippen molar-refractivity contribution in [1.82, 2.24) is 5.32 Å². The minimum absolute atomic E-state index is 0.127. The van der Waals surface area contributed by atoms with Gasteiger partial charge in [0.05, 0.1) is 18.2 Å². The highest BCUT2D eigenvalue weighted by Gasteiger charge is 2.15. The number of benzene rings is 2. The molecule has 0 fully saturated rings.